The molecule has 0 heterocycles. The Bertz CT molecular complexity index is 1080. The smallest absolute Gasteiger partial charge is 0.429 e. The molecular weight excluding hydrogens is 421 g/mol. The molecule has 0 aliphatic carbocycles. The maximum Gasteiger partial charge on any atom is 0.429 e. The molecule has 0 amide bonds. The molecular formula is C29H29F3O. The Balaban J connectivity index is 1.67. The van der Waals surface area contributed by atoms with Crippen molar-refractivity contribution in [3.8, 4) is 16.9 Å². The zero-order chi connectivity index (χ0) is 23.7. The maximum absolute atomic E-state index is 14.7. The molecule has 0 fully saturated rings. The van der Waals surface area contributed by atoms with Crippen LogP contribution in [0.5, 0.6) is 5.75 Å². The van der Waals surface area contributed by atoms with Gasteiger partial charge in [-0.05, 0) is 86.1 Å². The maximum atomic E-state index is 14.7. The summed E-state index contributed by atoms with van der Waals surface area (Å²) in [5.41, 5.74) is 3.02. The number of halogens is 3. The molecule has 4 heteroatoms. The summed E-state index contributed by atoms with van der Waals surface area (Å²) in [5, 5.41) is 0. The lowest BCUT2D eigenvalue weighted by molar-refractivity contribution is -0.187. The fourth-order valence-electron chi connectivity index (χ4n) is 3.57. The molecule has 172 valence electrons. The normalized spacial score (nSPS) is 12.0. The Kier molecular flexibility index (Phi) is 8.53. The molecule has 0 bridgehead atoms. The summed E-state index contributed by atoms with van der Waals surface area (Å²) in [6.45, 7) is 3.91. The lowest BCUT2D eigenvalue weighted by Gasteiger charge is -2.19. The molecule has 0 saturated carbocycles. The van der Waals surface area contributed by atoms with E-state index in [1.165, 1.54) is 23.8 Å². The van der Waals surface area contributed by atoms with E-state index in [2.05, 4.69) is 18.2 Å². The van der Waals surface area contributed by atoms with Crippen LogP contribution in [0.15, 0.2) is 91.0 Å². The van der Waals surface area contributed by atoms with E-state index in [0.717, 1.165) is 42.5 Å². The van der Waals surface area contributed by atoms with Crippen LogP contribution in [0.2, 0.25) is 0 Å². The van der Waals surface area contributed by atoms with E-state index in [4.69, 9.17) is 4.74 Å². The highest BCUT2D eigenvalue weighted by atomic mass is 19.3. The zero-order valence-corrected chi connectivity index (χ0v) is 19.0. The minimum absolute atomic E-state index is 0.0247. The quantitative estimate of drug-likeness (QED) is 0.281. The molecule has 0 radical (unpaired) electrons. The number of hydrogen-bond donors (Lipinski definition) is 0. The summed E-state index contributed by atoms with van der Waals surface area (Å²) in [6.07, 6.45) is 7.54. The third kappa shape index (κ3) is 6.85. The van der Waals surface area contributed by atoms with Gasteiger partial charge in [-0.2, -0.15) is 8.78 Å². The van der Waals surface area contributed by atoms with Gasteiger partial charge in [0.05, 0.1) is 5.56 Å². The van der Waals surface area contributed by atoms with Crippen LogP contribution in [0.3, 0.4) is 0 Å². The molecule has 3 aromatic carbocycles. The van der Waals surface area contributed by atoms with Gasteiger partial charge in [-0.3, -0.25) is 0 Å². The molecule has 0 saturated heterocycles. The lowest BCUT2D eigenvalue weighted by Crippen LogP contribution is -2.23. The van der Waals surface area contributed by atoms with E-state index in [-0.39, 0.29) is 5.75 Å². The van der Waals surface area contributed by atoms with Crippen molar-refractivity contribution < 1.29 is 17.9 Å². The Morgan fingerprint density at radius 2 is 1.24 bits per heavy atom. The summed E-state index contributed by atoms with van der Waals surface area (Å²) < 4.78 is 48.6. The number of hydrogen-bond acceptors (Lipinski definition) is 1. The van der Waals surface area contributed by atoms with Crippen LogP contribution < -0.4 is 4.74 Å². The first-order valence-electron chi connectivity index (χ1n) is 11.2. The van der Waals surface area contributed by atoms with Gasteiger partial charge in [-0.1, -0.05) is 66.8 Å². The van der Waals surface area contributed by atoms with Gasteiger partial charge in [0.25, 0.3) is 0 Å². The van der Waals surface area contributed by atoms with Gasteiger partial charge in [0.1, 0.15) is 11.6 Å². The minimum Gasteiger partial charge on any atom is -0.429 e. The fraction of sp³-hybridized carbons (Fsp3) is 0.241. The van der Waals surface area contributed by atoms with Gasteiger partial charge >= 0.3 is 6.11 Å². The molecule has 1 nitrogen and oxygen atoms in total. The van der Waals surface area contributed by atoms with Crippen molar-refractivity contribution in [1.29, 1.82) is 0 Å². The lowest BCUT2D eigenvalue weighted by atomic mass is 10.0. The number of ether oxygens (including phenoxy) is 1. The minimum atomic E-state index is -3.78. The van der Waals surface area contributed by atoms with E-state index in [9.17, 15) is 13.2 Å². The summed E-state index contributed by atoms with van der Waals surface area (Å²) in [7, 11) is 0. The molecule has 0 aromatic heterocycles. The van der Waals surface area contributed by atoms with Gasteiger partial charge in [0, 0.05) is 0 Å². The summed E-state index contributed by atoms with van der Waals surface area (Å²) >= 11 is 0. The molecule has 0 aliphatic rings. The zero-order valence-electron chi connectivity index (χ0n) is 19.0. The Hall–Kier alpha value is -3.27. The van der Waals surface area contributed by atoms with Crippen LogP contribution in [0.4, 0.5) is 13.2 Å². The van der Waals surface area contributed by atoms with Crippen LogP contribution in [-0.4, -0.2) is 0 Å². The van der Waals surface area contributed by atoms with E-state index in [1.54, 1.807) is 12.1 Å². The predicted molar refractivity (Wildman–Crippen MR) is 129 cm³/mol. The monoisotopic (exact) mass is 450 g/mol. The van der Waals surface area contributed by atoms with Crippen molar-refractivity contribution in [2.24, 2.45) is 0 Å². The average Bonchev–Trinajstić information content (AvgIpc) is 2.80. The summed E-state index contributed by atoms with van der Waals surface area (Å²) in [5.74, 6) is -0.993. The molecule has 0 N–H and O–H groups in total. The van der Waals surface area contributed by atoms with Crippen LogP contribution in [-0.2, 0) is 19.0 Å². The first kappa shape index (κ1) is 24.4. The van der Waals surface area contributed by atoms with Crippen molar-refractivity contribution in [1.82, 2.24) is 0 Å². The van der Waals surface area contributed by atoms with Crippen LogP contribution in [0, 0.1) is 5.82 Å². The standard InChI is InChI=1S/C29H29F3O/c1-3-5-7-9-22-11-14-24(15-12-22)25-16-18-26(19-17-25)33-29(31,32)27-20-13-23(21-28(27)30)10-8-6-4-2/h3-6,11-21H,7-10H2,1-2H3/b5-3+,6-4+. The number of allylic oxidation sites excluding steroid dienone is 4. The molecule has 0 unspecified atom stereocenters. The molecule has 33 heavy (non-hydrogen) atoms. The summed E-state index contributed by atoms with van der Waals surface area (Å²) in [4.78, 5) is 0. The second-order valence-corrected chi connectivity index (χ2v) is 7.87. The second kappa shape index (κ2) is 11.6. The Morgan fingerprint density at radius 3 is 1.79 bits per heavy atom. The van der Waals surface area contributed by atoms with Crippen molar-refractivity contribution in [3.05, 3.63) is 114 Å². The van der Waals surface area contributed by atoms with Gasteiger partial charge in [0.2, 0.25) is 0 Å². The Labute approximate surface area is 194 Å². The van der Waals surface area contributed by atoms with Crippen molar-refractivity contribution in [3.63, 3.8) is 0 Å². The third-order valence-corrected chi connectivity index (χ3v) is 5.41. The third-order valence-electron chi connectivity index (χ3n) is 5.41. The van der Waals surface area contributed by atoms with Crippen LogP contribution >= 0.6 is 0 Å². The SMILES string of the molecule is C/C=C/CCc1ccc(-c2ccc(OC(F)(F)c3ccc(CC/C=C/C)cc3F)cc2)cc1. The predicted octanol–water partition coefficient (Wildman–Crippen LogP) is 8.64. The van der Waals surface area contributed by atoms with Gasteiger partial charge < -0.3 is 4.74 Å². The van der Waals surface area contributed by atoms with Crippen molar-refractivity contribution >= 4 is 0 Å². The van der Waals surface area contributed by atoms with Crippen LogP contribution in [0.25, 0.3) is 11.1 Å². The fourth-order valence-corrected chi connectivity index (χ4v) is 3.57. The second-order valence-electron chi connectivity index (χ2n) is 7.87. The molecule has 0 atom stereocenters. The first-order chi connectivity index (χ1) is 15.9. The molecule has 3 rings (SSSR count). The Morgan fingerprint density at radius 1 is 0.727 bits per heavy atom. The number of alkyl halides is 2. The van der Waals surface area contributed by atoms with E-state index in [1.807, 2.05) is 44.2 Å². The van der Waals surface area contributed by atoms with Gasteiger partial charge in [-0.25, -0.2) is 4.39 Å². The van der Waals surface area contributed by atoms with Crippen molar-refractivity contribution in [2.45, 2.75) is 45.6 Å². The highest BCUT2D eigenvalue weighted by Gasteiger charge is 2.37. The number of aryl methyl sites for hydroxylation is 2. The highest BCUT2D eigenvalue weighted by molar-refractivity contribution is 5.64. The summed E-state index contributed by atoms with van der Waals surface area (Å²) in [6, 6.07) is 18.4. The highest BCUT2D eigenvalue weighted by Crippen LogP contribution is 2.34. The molecule has 0 aliphatic heterocycles. The number of benzene rings is 3. The van der Waals surface area contributed by atoms with Gasteiger partial charge in [0.15, 0.2) is 0 Å². The van der Waals surface area contributed by atoms with Crippen molar-refractivity contribution in [2.75, 3.05) is 0 Å². The topological polar surface area (TPSA) is 9.23 Å². The largest absolute Gasteiger partial charge is 0.429 e. The van der Waals surface area contributed by atoms with E-state index < -0.39 is 17.5 Å². The van der Waals surface area contributed by atoms with E-state index in [0.29, 0.717) is 12.0 Å². The average molecular weight is 451 g/mol. The van der Waals surface area contributed by atoms with E-state index >= 15 is 0 Å². The van der Waals surface area contributed by atoms with Crippen LogP contribution in [0.1, 0.15) is 43.4 Å². The number of rotatable bonds is 10. The first-order valence-corrected chi connectivity index (χ1v) is 11.2. The van der Waals surface area contributed by atoms with Gasteiger partial charge in [-0.15, -0.1) is 0 Å². The molecule has 3 aromatic rings. The molecule has 0 spiro atoms.